The van der Waals surface area contributed by atoms with Crippen LogP contribution in [0.2, 0.25) is 0 Å². The molecule has 6 heteroatoms. The Hall–Kier alpha value is -1.79. The summed E-state index contributed by atoms with van der Waals surface area (Å²) in [6.07, 6.45) is -0.843. The number of piperazine rings is 1. The summed E-state index contributed by atoms with van der Waals surface area (Å²) in [5, 5.41) is 17.6. The van der Waals surface area contributed by atoms with E-state index in [4.69, 9.17) is 14.9 Å². The maximum atomic E-state index is 10.8. The van der Waals surface area contributed by atoms with Gasteiger partial charge in [-0.05, 0) is 17.7 Å². The largest absolute Gasteiger partial charge is 0.491 e. The van der Waals surface area contributed by atoms with Crippen LogP contribution in [0.4, 0.5) is 4.79 Å². The number of aliphatic hydroxyl groups excluding tert-OH is 1. The van der Waals surface area contributed by atoms with Gasteiger partial charge in [0.15, 0.2) is 0 Å². The van der Waals surface area contributed by atoms with Crippen molar-refractivity contribution in [2.45, 2.75) is 6.54 Å². The molecule has 0 spiro atoms. The van der Waals surface area contributed by atoms with Gasteiger partial charge in [-0.3, -0.25) is 4.90 Å². The maximum Gasteiger partial charge on any atom is 0.407 e. The fourth-order valence-electron chi connectivity index (χ4n) is 2.25. The Morgan fingerprint density at radius 3 is 2.65 bits per heavy atom. The Kier molecular flexibility index (Phi) is 5.20. The maximum absolute atomic E-state index is 10.8. The predicted octanol–water partition coefficient (Wildman–Crippen LogP) is 0.853. The highest BCUT2D eigenvalue weighted by molar-refractivity contribution is 5.65. The number of ether oxygens (including phenoxy) is 1. The molecule has 110 valence electrons. The zero-order chi connectivity index (χ0) is 14.4. The van der Waals surface area contributed by atoms with Gasteiger partial charge in [0.25, 0.3) is 0 Å². The van der Waals surface area contributed by atoms with E-state index in [-0.39, 0.29) is 6.61 Å². The first-order valence-corrected chi connectivity index (χ1v) is 6.72. The van der Waals surface area contributed by atoms with E-state index in [0.717, 1.165) is 30.9 Å². The number of benzene rings is 1. The number of nitrogens with zero attached hydrogens (tertiary/aromatic N) is 2. The van der Waals surface area contributed by atoms with E-state index in [2.05, 4.69) is 4.90 Å². The Balaban J connectivity index is 1.86. The van der Waals surface area contributed by atoms with Gasteiger partial charge >= 0.3 is 6.09 Å². The summed E-state index contributed by atoms with van der Waals surface area (Å²) in [4.78, 5) is 14.5. The SMILES string of the molecule is O=C(O)N1CCN(Cc2cccc(OCCO)c2)CC1. The number of amides is 1. The summed E-state index contributed by atoms with van der Waals surface area (Å²) in [5.74, 6) is 0.751. The number of hydrogen-bond donors (Lipinski definition) is 2. The molecule has 0 radical (unpaired) electrons. The zero-order valence-corrected chi connectivity index (χ0v) is 11.4. The van der Waals surface area contributed by atoms with Crippen LogP contribution in [0.1, 0.15) is 5.56 Å². The molecule has 0 atom stereocenters. The van der Waals surface area contributed by atoms with Gasteiger partial charge in [-0.25, -0.2) is 4.79 Å². The van der Waals surface area contributed by atoms with Gasteiger partial charge in [-0.15, -0.1) is 0 Å². The van der Waals surface area contributed by atoms with E-state index in [1.807, 2.05) is 24.3 Å². The minimum Gasteiger partial charge on any atom is -0.491 e. The van der Waals surface area contributed by atoms with Gasteiger partial charge < -0.3 is 19.8 Å². The van der Waals surface area contributed by atoms with Gasteiger partial charge in [0, 0.05) is 32.7 Å². The Morgan fingerprint density at radius 2 is 2.00 bits per heavy atom. The number of rotatable bonds is 5. The Bertz CT molecular complexity index is 445. The summed E-state index contributed by atoms with van der Waals surface area (Å²) >= 11 is 0. The Morgan fingerprint density at radius 1 is 1.25 bits per heavy atom. The highest BCUT2D eigenvalue weighted by Gasteiger charge is 2.20. The molecule has 6 nitrogen and oxygen atoms in total. The molecule has 0 bridgehead atoms. The van der Waals surface area contributed by atoms with Gasteiger partial charge in [-0.1, -0.05) is 12.1 Å². The lowest BCUT2D eigenvalue weighted by Gasteiger charge is -2.33. The molecule has 0 unspecified atom stereocenters. The second-order valence-electron chi connectivity index (χ2n) is 4.77. The van der Waals surface area contributed by atoms with Gasteiger partial charge in [0.2, 0.25) is 0 Å². The van der Waals surface area contributed by atoms with E-state index in [0.29, 0.717) is 19.7 Å². The number of aliphatic hydroxyl groups is 1. The molecule has 1 aliphatic rings. The molecule has 0 saturated carbocycles. The van der Waals surface area contributed by atoms with Crippen LogP contribution in [-0.4, -0.2) is 65.5 Å². The van der Waals surface area contributed by atoms with Crippen LogP contribution in [0.5, 0.6) is 5.75 Å². The third kappa shape index (κ3) is 4.11. The summed E-state index contributed by atoms with van der Waals surface area (Å²) in [6.45, 7) is 3.67. The smallest absolute Gasteiger partial charge is 0.407 e. The van der Waals surface area contributed by atoms with Crippen LogP contribution in [0.3, 0.4) is 0 Å². The molecule has 2 rings (SSSR count). The molecule has 1 fully saturated rings. The average Bonchev–Trinajstić information content (AvgIpc) is 2.46. The fourth-order valence-corrected chi connectivity index (χ4v) is 2.25. The standard InChI is InChI=1S/C14H20N2O4/c17-8-9-20-13-3-1-2-12(10-13)11-15-4-6-16(7-5-15)14(18)19/h1-3,10,17H,4-9,11H2,(H,18,19). The Labute approximate surface area is 118 Å². The van der Waals surface area contributed by atoms with Crippen molar-refractivity contribution in [2.24, 2.45) is 0 Å². The molecule has 1 heterocycles. The molecule has 2 N–H and O–H groups in total. The van der Waals surface area contributed by atoms with Crippen LogP contribution < -0.4 is 4.74 Å². The third-order valence-electron chi connectivity index (χ3n) is 3.31. The molecule has 1 aliphatic heterocycles. The summed E-state index contributed by atoms with van der Waals surface area (Å²) in [7, 11) is 0. The van der Waals surface area contributed by atoms with E-state index >= 15 is 0 Å². The third-order valence-corrected chi connectivity index (χ3v) is 3.31. The number of hydrogen-bond acceptors (Lipinski definition) is 4. The predicted molar refractivity (Wildman–Crippen MR) is 73.9 cm³/mol. The van der Waals surface area contributed by atoms with Crippen molar-refractivity contribution in [3.63, 3.8) is 0 Å². The highest BCUT2D eigenvalue weighted by atomic mass is 16.5. The van der Waals surface area contributed by atoms with Gasteiger partial charge in [-0.2, -0.15) is 0 Å². The molecule has 1 saturated heterocycles. The molecule has 1 aromatic rings. The monoisotopic (exact) mass is 280 g/mol. The summed E-state index contributed by atoms with van der Waals surface area (Å²) in [5.41, 5.74) is 1.13. The van der Waals surface area contributed by atoms with Gasteiger partial charge in [0.05, 0.1) is 6.61 Å². The molecule has 0 aliphatic carbocycles. The first-order valence-electron chi connectivity index (χ1n) is 6.72. The molecule has 20 heavy (non-hydrogen) atoms. The van der Waals surface area contributed by atoms with E-state index in [9.17, 15) is 4.79 Å². The number of carboxylic acid groups (broad SMARTS) is 1. The van der Waals surface area contributed by atoms with E-state index in [1.54, 1.807) is 0 Å². The van der Waals surface area contributed by atoms with Crippen LogP contribution >= 0.6 is 0 Å². The first kappa shape index (κ1) is 14.6. The van der Waals surface area contributed by atoms with Crippen molar-refractivity contribution in [2.75, 3.05) is 39.4 Å². The molecule has 1 aromatic carbocycles. The first-order chi connectivity index (χ1) is 9.69. The second-order valence-corrected chi connectivity index (χ2v) is 4.77. The van der Waals surface area contributed by atoms with Crippen molar-refractivity contribution < 1.29 is 19.7 Å². The lowest BCUT2D eigenvalue weighted by molar-refractivity contribution is 0.103. The van der Waals surface area contributed by atoms with Crippen LogP contribution in [0, 0.1) is 0 Å². The molecule has 1 amide bonds. The van der Waals surface area contributed by atoms with Gasteiger partial charge in [0.1, 0.15) is 12.4 Å². The van der Waals surface area contributed by atoms with Crippen LogP contribution in [0.15, 0.2) is 24.3 Å². The van der Waals surface area contributed by atoms with Crippen molar-refractivity contribution in [3.8, 4) is 5.75 Å². The van der Waals surface area contributed by atoms with Crippen molar-refractivity contribution in [3.05, 3.63) is 29.8 Å². The van der Waals surface area contributed by atoms with E-state index < -0.39 is 6.09 Å². The lowest BCUT2D eigenvalue weighted by Crippen LogP contribution is -2.47. The molecular weight excluding hydrogens is 260 g/mol. The zero-order valence-electron chi connectivity index (χ0n) is 11.4. The van der Waals surface area contributed by atoms with Crippen molar-refractivity contribution in [1.29, 1.82) is 0 Å². The normalized spacial score (nSPS) is 16.1. The van der Waals surface area contributed by atoms with Crippen molar-refractivity contribution >= 4 is 6.09 Å². The topological polar surface area (TPSA) is 73.2 Å². The summed E-state index contributed by atoms with van der Waals surface area (Å²) < 4.78 is 5.38. The van der Waals surface area contributed by atoms with Crippen molar-refractivity contribution in [1.82, 2.24) is 9.80 Å². The average molecular weight is 280 g/mol. The summed E-state index contributed by atoms with van der Waals surface area (Å²) in [6, 6.07) is 7.77. The van der Waals surface area contributed by atoms with E-state index in [1.165, 1.54) is 4.90 Å². The minimum absolute atomic E-state index is 0.00136. The van der Waals surface area contributed by atoms with Crippen LogP contribution in [-0.2, 0) is 6.54 Å². The lowest BCUT2D eigenvalue weighted by atomic mass is 10.2. The highest BCUT2D eigenvalue weighted by Crippen LogP contribution is 2.15. The second kappa shape index (κ2) is 7.12. The molecular formula is C14H20N2O4. The molecule has 0 aromatic heterocycles. The quantitative estimate of drug-likeness (QED) is 0.836. The van der Waals surface area contributed by atoms with Crippen LogP contribution in [0.25, 0.3) is 0 Å². The fraction of sp³-hybridized carbons (Fsp3) is 0.500. The number of carbonyl (C=O) groups is 1. The minimum atomic E-state index is -0.843.